The molecule has 1 aromatic rings. The van der Waals surface area contributed by atoms with E-state index in [0.717, 1.165) is 12.5 Å². The number of hydrogen-bond acceptors (Lipinski definition) is 3. The summed E-state index contributed by atoms with van der Waals surface area (Å²) < 4.78 is 31.5. The van der Waals surface area contributed by atoms with Crippen LogP contribution in [0, 0.1) is 11.6 Å². The molecule has 0 aliphatic heterocycles. The quantitative estimate of drug-likeness (QED) is 0.600. The zero-order valence-corrected chi connectivity index (χ0v) is 9.30. The summed E-state index contributed by atoms with van der Waals surface area (Å²) in [5, 5.41) is 0. The average Bonchev–Trinajstić information content (AvgIpc) is 2.27. The van der Waals surface area contributed by atoms with Crippen LogP contribution in [0.4, 0.5) is 8.78 Å². The molecular weight excluding hydrogens is 228 g/mol. The van der Waals surface area contributed by atoms with Crippen LogP contribution < -0.4 is 4.74 Å². The maximum atomic E-state index is 13.6. The summed E-state index contributed by atoms with van der Waals surface area (Å²) in [6.07, 6.45) is 3.61. The smallest absolute Gasteiger partial charge is 0.235 e. The van der Waals surface area contributed by atoms with E-state index in [-0.39, 0.29) is 5.75 Å². The van der Waals surface area contributed by atoms with Gasteiger partial charge in [-0.05, 0) is 31.4 Å². The van der Waals surface area contributed by atoms with E-state index in [1.54, 1.807) is 0 Å². The molecule has 3 nitrogen and oxygen atoms in total. The van der Waals surface area contributed by atoms with E-state index in [1.807, 2.05) is 0 Å². The summed E-state index contributed by atoms with van der Waals surface area (Å²) >= 11 is 0. The number of halogens is 2. The van der Waals surface area contributed by atoms with Gasteiger partial charge in [-0.3, -0.25) is 0 Å². The minimum atomic E-state index is -1.04. The molecule has 0 radical (unpaired) electrons. The first-order valence-corrected chi connectivity index (χ1v) is 5.26. The molecule has 1 saturated carbocycles. The van der Waals surface area contributed by atoms with Gasteiger partial charge in [0.05, 0.1) is 7.11 Å². The number of benzene rings is 1. The van der Waals surface area contributed by atoms with Gasteiger partial charge in [-0.2, -0.15) is 9.38 Å². The van der Waals surface area contributed by atoms with Crippen molar-refractivity contribution in [3.05, 3.63) is 29.3 Å². The number of carbonyl (C=O) groups excluding carboxylic acids is 1. The molecule has 5 heteroatoms. The van der Waals surface area contributed by atoms with Crippen LogP contribution in [0.25, 0.3) is 0 Å². The number of aliphatic imine (C=N–C) groups is 1. The van der Waals surface area contributed by atoms with Crippen molar-refractivity contribution in [2.45, 2.75) is 24.8 Å². The molecule has 1 aliphatic carbocycles. The second-order valence-electron chi connectivity index (χ2n) is 4.03. The van der Waals surface area contributed by atoms with Crippen LogP contribution in [-0.4, -0.2) is 13.2 Å². The Bertz CT molecular complexity index is 492. The summed E-state index contributed by atoms with van der Waals surface area (Å²) in [4.78, 5) is 14.2. The lowest BCUT2D eigenvalue weighted by atomic mass is 9.72. The third-order valence-electron chi connectivity index (χ3n) is 3.20. The summed E-state index contributed by atoms with van der Waals surface area (Å²) in [7, 11) is 1.26. The Labute approximate surface area is 97.1 Å². The average molecular weight is 239 g/mol. The molecule has 1 fully saturated rings. The number of rotatable bonds is 3. The molecule has 0 unspecified atom stereocenters. The highest BCUT2D eigenvalue weighted by Gasteiger charge is 2.42. The van der Waals surface area contributed by atoms with Crippen molar-refractivity contribution in [2.75, 3.05) is 7.11 Å². The molecule has 0 spiro atoms. The van der Waals surface area contributed by atoms with Crippen molar-refractivity contribution in [1.29, 1.82) is 0 Å². The Hall–Kier alpha value is -1.74. The van der Waals surface area contributed by atoms with E-state index in [1.165, 1.54) is 19.3 Å². The Kier molecular flexibility index (Phi) is 2.94. The van der Waals surface area contributed by atoms with Crippen molar-refractivity contribution < 1.29 is 18.3 Å². The minimum Gasteiger partial charge on any atom is -0.493 e. The normalized spacial score (nSPS) is 16.9. The third-order valence-corrected chi connectivity index (χ3v) is 3.20. The molecule has 0 bridgehead atoms. The van der Waals surface area contributed by atoms with E-state index in [4.69, 9.17) is 4.74 Å². The lowest BCUT2D eigenvalue weighted by Gasteiger charge is -2.37. The predicted molar refractivity (Wildman–Crippen MR) is 56.6 cm³/mol. The molecule has 0 N–H and O–H groups in total. The van der Waals surface area contributed by atoms with Crippen LogP contribution in [0.1, 0.15) is 24.8 Å². The molecule has 0 amide bonds. The molecule has 17 heavy (non-hydrogen) atoms. The highest BCUT2D eigenvalue weighted by atomic mass is 19.2. The van der Waals surface area contributed by atoms with Gasteiger partial charge in [0.1, 0.15) is 5.54 Å². The second kappa shape index (κ2) is 4.26. The maximum Gasteiger partial charge on any atom is 0.235 e. The van der Waals surface area contributed by atoms with Crippen LogP contribution in [0.3, 0.4) is 0 Å². The largest absolute Gasteiger partial charge is 0.493 e. The molecule has 90 valence electrons. The molecule has 0 aromatic heterocycles. The molecule has 2 rings (SSSR count). The van der Waals surface area contributed by atoms with Gasteiger partial charge in [0, 0.05) is 5.56 Å². The molecular formula is C12H11F2NO2. The van der Waals surface area contributed by atoms with Crippen molar-refractivity contribution in [3.63, 3.8) is 0 Å². The van der Waals surface area contributed by atoms with Crippen LogP contribution >= 0.6 is 0 Å². The Morgan fingerprint density at radius 1 is 1.41 bits per heavy atom. The number of isocyanates is 1. The first-order valence-electron chi connectivity index (χ1n) is 5.26. The van der Waals surface area contributed by atoms with Gasteiger partial charge in [0.15, 0.2) is 11.6 Å². The van der Waals surface area contributed by atoms with Crippen LogP contribution in [0.5, 0.6) is 5.75 Å². The van der Waals surface area contributed by atoms with Crippen LogP contribution in [-0.2, 0) is 10.3 Å². The number of methoxy groups -OCH3 is 1. The van der Waals surface area contributed by atoms with E-state index in [9.17, 15) is 13.6 Å². The van der Waals surface area contributed by atoms with E-state index < -0.39 is 17.2 Å². The second-order valence-corrected chi connectivity index (χ2v) is 4.03. The Morgan fingerprint density at radius 3 is 2.59 bits per heavy atom. The molecule has 0 heterocycles. The van der Waals surface area contributed by atoms with E-state index >= 15 is 0 Å². The maximum absolute atomic E-state index is 13.6. The van der Waals surface area contributed by atoms with E-state index in [2.05, 4.69) is 4.99 Å². The monoisotopic (exact) mass is 239 g/mol. The lowest BCUT2D eigenvalue weighted by molar-refractivity contribution is 0.241. The summed E-state index contributed by atoms with van der Waals surface area (Å²) in [5.74, 6) is -2.20. The predicted octanol–water partition coefficient (Wildman–Crippen LogP) is 2.69. The van der Waals surface area contributed by atoms with E-state index in [0.29, 0.717) is 18.4 Å². The van der Waals surface area contributed by atoms with Gasteiger partial charge < -0.3 is 4.74 Å². The summed E-state index contributed by atoms with van der Waals surface area (Å²) in [5.41, 5.74) is -0.379. The minimum absolute atomic E-state index is 0.177. The highest BCUT2D eigenvalue weighted by molar-refractivity contribution is 5.46. The van der Waals surface area contributed by atoms with Crippen molar-refractivity contribution >= 4 is 6.08 Å². The van der Waals surface area contributed by atoms with Crippen molar-refractivity contribution in [1.82, 2.24) is 0 Å². The topological polar surface area (TPSA) is 38.7 Å². The molecule has 1 aromatic carbocycles. The van der Waals surface area contributed by atoms with Crippen molar-refractivity contribution in [3.8, 4) is 5.75 Å². The fourth-order valence-corrected chi connectivity index (χ4v) is 2.14. The SMILES string of the molecule is COc1c(C2(N=C=O)CCC2)ccc(F)c1F. The summed E-state index contributed by atoms with van der Waals surface area (Å²) in [6, 6.07) is 2.44. The highest BCUT2D eigenvalue weighted by Crippen LogP contribution is 2.48. The molecule has 1 aliphatic rings. The van der Waals surface area contributed by atoms with Crippen LogP contribution in [0.2, 0.25) is 0 Å². The first-order chi connectivity index (χ1) is 8.14. The number of ether oxygens (including phenoxy) is 1. The third kappa shape index (κ3) is 1.72. The van der Waals surface area contributed by atoms with Gasteiger partial charge in [0.2, 0.25) is 11.9 Å². The number of nitrogens with zero attached hydrogens (tertiary/aromatic N) is 1. The lowest BCUT2D eigenvalue weighted by Crippen LogP contribution is -2.32. The zero-order chi connectivity index (χ0) is 12.5. The van der Waals surface area contributed by atoms with Gasteiger partial charge in [-0.25, -0.2) is 9.18 Å². The van der Waals surface area contributed by atoms with Gasteiger partial charge >= 0.3 is 0 Å². The van der Waals surface area contributed by atoms with Gasteiger partial charge in [-0.1, -0.05) is 0 Å². The Balaban J connectivity index is 2.58. The number of hydrogen-bond donors (Lipinski definition) is 0. The van der Waals surface area contributed by atoms with Crippen LogP contribution in [0.15, 0.2) is 17.1 Å². The fraction of sp³-hybridized carbons (Fsp3) is 0.417. The first kappa shape index (κ1) is 11.7. The molecule has 0 atom stereocenters. The van der Waals surface area contributed by atoms with Gasteiger partial charge in [0.25, 0.3) is 0 Å². The fourth-order valence-electron chi connectivity index (χ4n) is 2.14. The standard InChI is InChI=1S/C12H11F2NO2/c1-17-11-8(3-4-9(13)10(11)14)12(15-7-16)5-2-6-12/h3-4H,2,5-6H2,1H3. The zero-order valence-electron chi connectivity index (χ0n) is 9.30. The Morgan fingerprint density at radius 2 is 2.12 bits per heavy atom. The summed E-state index contributed by atoms with van der Waals surface area (Å²) in [6.45, 7) is 0. The van der Waals surface area contributed by atoms with Gasteiger partial charge in [-0.15, -0.1) is 0 Å². The molecule has 0 saturated heterocycles. The van der Waals surface area contributed by atoms with Crippen molar-refractivity contribution in [2.24, 2.45) is 4.99 Å².